The predicted octanol–water partition coefficient (Wildman–Crippen LogP) is 1.30. The summed E-state index contributed by atoms with van der Waals surface area (Å²) in [5, 5.41) is 21.2. The Hall–Kier alpha value is -1.59. The smallest absolute Gasteiger partial charge is 0.306 e. The molecule has 1 aromatic rings. The van der Waals surface area contributed by atoms with E-state index in [1.54, 1.807) is 18.2 Å². The summed E-state index contributed by atoms with van der Waals surface area (Å²) >= 11 is 5.74. The van der Waals surface area contributed by atoms with E-state index in [0.29, 0.717) is 10.6 Å². The molecular weight excluding hydrogens is 258 g/mol. The lowest BCUT2D eigenvalue weighted by molar-refractivity contribution is -0.141. The van der Waals surface area contributed by atoms with Gasteiger partial charge in [0.1, 0.15) is 0 Å². The molecule has 0 spiro atoms. The Bertz CT molecular complexity index is 459. The average Bonchev–Trinajstić information content (AvgIpc) is 2.24. The molecule has 0 aliphatic carbocycles. The van der Waals surface area contributed by atoms with Crippen LogP contribution in [0.25, 0.3) is 0 Å². The summed E-state index contributed by atoms with van der Waals surface area (Å²) in [5.41, 5.74) is -1.13. The highest BCUT2D eigenvalue weighted by Gasteiger charge is 2.24. The van der Waals surface area contributed by atoms with E-state index >= 15 is 0 Å². The van der Waals surface area contributed by atoms with Gasteiger partial charge in [-0.15, -0.1) is 0 Å². The van der Waals surface area contributed by atoms with Crippen molar-refractivity contribution < 1.29 is 19.8 Å². The van der Waals surface area contributed by atoms with E-state index in [-0.39, 0.29) is 6.54 Å². The number of benzene rings is 1. The first-order chi connectivity index (χ1) is 8.30. The van der Waals surface area contributed by atoms with E-state index in [1.165, 1.54) is 13.0 Å². The second kappa shape index (κ2) is 5.84. The molecule has 0 fully saturated rings. The van der Waals surface area contributed by atoms with Gasteiger partial charge >= 0.3 is 5.97 Å². The van der Waals surface area contributed by atoms with Gasteiger partial charge in [0, 0.05) is 17.1 Å². The van der Waals surface area contributed by atoms with Crippen molar-refractivity contribution in [2.24, 2.45) is 0 Å². The fourth-order valence-electron chi connectivity index (χ4n) is 1.39. The number of aliphatic hydroxyl groups is 1. The first-order valence-corrected chi connectivity index (χ1v) is 5.66. The van der Waals surface area contributed by atoms with Crippen molar-refractivity contribution in [3.05, 3.63) is 34.9 Å². The summed E-state index contributed by atoms with van der Waals surface area (Å²) in [5.74, 6) is -1.54. The van der Waals surface area contributed by atoms with E-state index in [9.17, 15) is 14.7 Å². The van der Waals surface area contributed by atoms with Gasteiger partial charge in [0.15, 0.2) is 0 Å². The molecule has 5 nitrogen and oxygen atoms in total. The molecule has 0 heterocycles. The monoisotopic (exact) mass is 271 g/mol. The van der Waals surface area contributed by atoms with Gasteiger partial charge in [-0.25, -0.2) is 0 Å². The molecule has 98 valence electrons. The van der Waals surface area contributed by atoms with Crippen molar-refractivity contribution in [3.8, 4) is 0 Å². The fourth-order valence-corrected chi connectivity index (χ4v) is 1.58. The molecule has 1 amide bonds. The summed E-state index contributed by atoms with van der Waals surface area (Å²) in [6.45, 7) is 1.20. The highest BCUT2D eigenvalue weighted by atomic mass is 35.5. The molecule has 0 radical (unpaired) electrons. The summed E-state index contributed by atoms with van der Waals surface area (Å²) in [4.78, 5) is 22.2. The summed E-state index contributed by atoms with van der Waals surface area (Å²) < 4.78 is 0. The number of carbonyl (C=O) groups excluding carboxylic acids is 1. The molecule has 1 rings (SSSR count). The van der Waals surface area contributed by atoms with Gasteiger partial charge in [-0.05, 0) is 25.1 Å². The Labute approximate surface area is 109 Å². The van der Waals surface area contributed by atoms with E-state index in [4.69, 9.17) is 16.7 Å². The minimum Gasteiger partial charge on any atom is -0.481 e. The van der Waals surface area contributed by atoms with Crippen LogP contribution in [0.2, 0.25) is 5.02 Å². The van der Waals surface area contributed by atoms with Gasteiger partial charge in [0.05, 0.1) is 12.0 Å². The first kappa shape index (κ1) is 14.5. The Morgan fingerprint density at radius 3 is 2.67 bits per heavy atom. The summed E-state index contributed by atoms with van der Waals surface area (Å²) in [6.07, 6.45) is -0.442. The number of carbonyl (C=O) groups is 2. The zero-order chi connectivity index (χ0) is 13.8. The van der Waals surface area contributed by atoms with Crippen molar-refractivity contribution in [2.75, 3.05) is 6.54 Å². The van der Waals surface area contributed by atoms with Crippen molar-refractivity contribution in [1.29, 1.82) is 0 Å². The molecule has 1 atom stereocenters. The van der Waals surface area contributed by atoms with E-state index in [1.807, 2.05) is 0 Å². The Balaban J connectivity index is 2.58. The third-order valence-electron chi connectivity index (χ3n) is 2.25. The van der Waals surface area contributed by atoms with Gasteiger partial charge in [-0.3, -0.25) is 9.59 Å². The SMILES string of the molecule is CC(O)(CNC(=O)c1cccc(Cl)c1)CC(=O)O. The van der Waals surface area contributed by atoms with Gasteiger partial charge in [-0.2, -0.15) is 0 Å². The van der Waals surface area contributed by atoms with Crippen molar-refractivity contribution in [1.82, 2.24) is 5.32 Å². The number of carboxylic acid groups (broad SMARTS) is 1. The fraction of sp³-hybridized carbons (Fsp3) is 0.333. The topological polar surface area (TPSA) is 86.6 Å². The van der Waals surface area contributed by atoms with Gasteiger partial charge in [-0.1, -0.05) is 17.7 Å². The van der Waals surface area contributed by atoms with Crippen LogP contribution in [0.5, 0.6) is 0 Å². The first-order valence-electron chi connectivity index (χ1n) is 5.28. The number of aliphatic carboxylic acids is 1. The molecule has 0 saturated carbocycles. The normalized spacial score (nSPS) is 13.7. The molecule has 6 heteroatoms. The highest BCUT2D eigenvalue weighted by Crippen LogP contribution is 2.11. The van der Waals surface area contributed by atoms with Crippen LogP contribution in [0.3, 0.4) is 0 Å². The predicted molar refractivity (Wildman–Crippen MR) is 66.7 cm³/mol. The molecule has 1 unspecified atom stereocenters. The van der Waals surface area contributed by atoms with Crippen LogP contribution in [0, 0.1) is 0 Å². The molecule has 0 bridgehead atoms. The van der Waals surface area contributed by atoms with Crippen molar-refractivity contribution in [3.63, 3.8) is 0 Å². The molecule has 18 heavy (non-hydrogen) atoms. The van der Waals surface area contributed by atoms with E-state index in [2.05, 4.69) is 5.32 Å². The van der Waals surface area contributed by atoms with Crippen LogP contribution in [-0.2, 0) is 4.79 Å². The maximum Gasteiger partial charge on any atom is 0.306 e. The summed E-state index contributed by atoms with van der Waals surface area (Å²) in [7, 11) is 0. The molecule has 0 aliphatic rings. The minimum atomic E-state index is -1.49. The highest BCUT2D eigenvalue weighted by molar-refractivity contribution is 6.30. The van der Waals surface area contributed by atoms with Crippen LogP contribution >= 0.6 is 11.6 Å². The average molecular weight is 272 g/mol. The van der Waals surface area contributed by atoms with Crippen LogP contribution in [0.4, 0.5) is 0 Å². The van der Waals surface area contributed by atoms with Crippen molar-refractivity contribution >= 4 is 23.5 Å². The van der Waals surface area contributed by atoms with E-state index in [0.717, 1.165) is 0 Å². The summed E-state index contributed by atoms with van der Waals surface area (Å²) in [6, 6.07) is 6.33. The maximum absolute atomic E-state index is 11.7. The lowest BCUT2D eigenvalue weighted by Crippen LogP contribution is -2.42. The van der Waals surface area contributed by atoms with E-state index < -0.39 is 23.9 Å². The largest absolute Gasteiger partial charge is 0.481 e. The zero-order valence-corrected chi connectivity index (χ0v) is 10.6. The van der Waals surface area contributed by atoms with Crippen molar-refractivity contribution in [2.45, 2.75) is 18.9 Å². The Kier molecular flexibility index (Phi) is 4.69. The van der Waals surface area contributed by atoms with Crippen LogP contribution in [0.1, 0.15) is 23.7 Å². The second-order valence-corrected chi connectivity index (χ2v) is 4.70. The number of hydrogen-bond donors (Lipinski definition) is 3. The number of nitrogens with one attached hydrogen (secondary N) is 1. The number of halogens is 1. The lowest BCUT2D eigenvalue weighted by atomic mass is 10.0. The molecule has 0 aromatic heterocycles. The minimum absolute atomic E-state index is 0.148. The third-order valence-corrected chi connectivity index (χ3v) is 2.48. The van der Waals surface area contributed by atoms with Crippen LogP contribution < -0.4 is 5.32 Å². The quantitative estimate of drug-likeness (QED) is 0.753. The molecule has 1 aromatic carbocycles. The Morgan fingerprint density at radius 1 is 1.44 bits per heavy atom. The third kappa shape index (κ3) is 4.73. The van der Waals surface area contributed by atoms with Gasteiger partial charge < -0.3 is 15.5 Å². The standard InChI is InChI=1S/C12H14ClNO4/c1-12(18,6-10(15)16)7-14-11(17)8-3-2-4-9(13)5-8/h2-5,18H,6-7H2,1H3,(H,14,17)(H,15,16). The van der Waals surface area contributed by atoms with Gasteiger partial charge in [0.25, 0.3) is 5.91 Å². The second-order valence-electron chi connectivity index (χ2n) is 4.26. The maximum atomic E-state index is 11.7. The molecule has 0 aliphatic heterocycles. The Morgan fingerprint density at radius 2 is 2.11 bits per heavy atom. The zero-order valence-electron chi connectivity index (χ0n) is 9.81. The van der Waals surface area contributed by atoms with Gasteiger partial charge in [0.2, 0.25) is 0 Å². The number of rotatable bonds is 5. The lowest BCUT2D eigenvalue weighted by Gasteiger charge is -2.21. The molecule has 0 saturated heterocycles. The number of hydrogen-bond acceptors (Lipinski definition) is 3. The number of amides is 1. The van der Waals surface area contributed by atoms with Crippen LogP contribution in [0.15, 0.2) is 24.3 Å². The molecule has 3 N–H and O–H groups in total. The van der Waals surface area contributed by atoms with Crippen LogP contribution in [-0.4, -0.2) is 34.2 Å². The molecular formula is C12H14ClNO4. The number of carboxylic acids is 1.